The number of hydrogen-bond acceptors (Lipinski definition) is 3. The molecule has 0 atom stereocenters. The van der Waals surface area contributed by atoms with E-state index in [4.69, 9.17) is 10.5 Å². The van der Waals surface area contributed by atoms with E-state index in [0.717, 1.165) is 42.8 Å². The van der Waals surface area contributed by atoms with Gasteiger partial charge in [0.2, 0.25) is 0 Å². The van der Waals surface area contributed by atoms with Crippen molar-refractivity contribution in [3.63, 3.8) is 0 Å². The highest BCUT2D eigenvalue weighted by atomic mass is 16.5. The molecule has 88 valence electrons. The number of aromatic nitrogens is 1. The first-order valence-corrected chi connectivity index (χ1v) is 6.01. The van der Waals surface area contributed by atoms with Crippen LogP contribution in [0.15, 0.2) is 12.1 Å². The molecule has 0 bridgehead atoms. The van der Waals surface area contributed by atoms with Gasteiger partial charge in [0.05, 0.1) is 11.8 Å². The number of nitrogens with two attached hydrogens (primary N) is 1. The van der Waals surface area contributed by atoms with Gasteiger partial charge in [-0.3, -0.25) is 4.98 Å². The van der Waals surface area contributed by atoms with Crippen LogP contribution in [0, 0.1) is 13.8 Å². The van der Waals surface area contributed by atoms with Crippen molar-refractivity contribution in [2.45, 2.75) is 51.7 Å². The van der Waals surface area contributed by atoms with Crippen LogP contribution in [0.4, 0.5) is 0 Å². The number of rotatable bonds is 2. The highest BCUT2D eigenvalue weighted by Crippen LogP contribution is 2.24. The van der Waals surface area contributed by atoms with E-state index < -0.39 is 0 Å². The SMILES string of the molecule is Cc1ccc(OC2CCC(N)CC2)c(C)n1. The summed E-state index contributed by atoms with van der Waals surface area (Å²) in [6.07, 6.45) is 4.60. The minimum absolute atomic E-state index is 0.322. The minimum Gasteiger partial charge on any atom is -0.489 e. The minimum atomic E-state index is 0.322. The molecular formula is C13H20N2O. The Labute approximate surface area is 97.0 Å². The third-order valence-electron chi connectivity index (χ3n) is 3.19. The van der Waals surface area contributed by atoms with Crippen molar-refractivity contribution in [3.8, 4) is 5.75 Å². The molecule has 16 heavy (non-hydrogen) atoms. The largest absolute Gasteiger partial charge is 0.489 e. The maximum atomic E-state index is 5.97. The Bertz CT molecular complexity index is 357. The van der Waals surface area contributed by atoms with Gasteiger partial charge < -0.3 is 10.5 Å². The van der Waals surface area contributed by atoms with Crippen molar-refractivity contribution in [1.82, 2.24) is 4.98 Å². The third kappa shape index (κ3) is 2.73. The van der Waals surface area contributed by atoms with E-state index in [9.17, 15) is 0 Å². The number of hydrogen-bond donors (Lipinski definition) is 1. The Hall–Kier alpha value is -1.09. The first kappa shape index (κ1) is 11.4. The van der Waals surface area contributed by atoms with Crippen molar-refractivity contribution < 1.29 is 4.74 Å². The van der Waals surface area contributed by atoms with Crippen molar-refractivity contribution in [2.24, 2.45) is 5.73 Å². The Balaban J connectivity index is 1.98. The normalized spacial score (nSPS) is 25.4. The van der Waals surface area contributed by atoms with Crippen molar-refractivity contribution in [1.29, 1.82) is 0 Å². The zero-order chi connectivity index (χ0) is 11.5. The van der Waals surface area contributed by atoms with E-state index in [1.165, 1.54) is 0 Å². The van der Waals surface area contributed by atoms with Gasteiger partial charge in [0.1, 0.15) is 5.75 Å². The molecule has 3 nitrogen and oxygen atoms in total. The summed E-state index contributed by atoms with van der Waals surface area (Å²) in [6, 6.07) is 4.39. The van der Waals surface area contributed by atoms with Gasteiger partial charge >= 0.3 is 0 Å². The van der Waals surface area contributed by atoms with Gasteiger partial charge in [0.15, 0.2) is 0 Å². The molecule has 1 aliphatic carbocycles. The van der Waals surface area contributed by atoms with E-state index >= 15 is 0 Å². The van der Waals surface area contributed by atoms with Gasteiger partial charge in [0.25, 0.3) is 0 Å². The highest BCUT2D eigenvalue weighted by molar-refractivity contribution is 5.28. The van der Waals surface area contributed by atoms with E-state index in [0.29, 0.717) is 12.1 Å². The van der Waals surface area contributed by atoms with Gasteiger partial charge in [-0.25, -0.2) is 0 Å². The number of pyridine rings is 1. The fraction of sp³-hybridized carbons (Fsp3) is 0.615. The van der Waals surface area contributed by atoms with Gasteiger partial charge in [-0.1, -0.05) is 0 Å². The Kier molecular flexibility index (Phi) is 3.44. The fourth-order valence-electron chi connectivity index (χ4n) is 2.18. The van der Waals surface area contributed by atoms with Crippen LogP contribution < -0.4 is 10.5 Å². The molecule has 1 aliphatic rings. The molecule has 0 spiro atoms. The Morgan fingerprint density at radius 3 is 2.50 bits per heavy atom. The standard InChI is InChI=1S/C13H20N2O/c1-9-3-8-13(10(2)15-9)16-12-6-4-11(14)5-7-12/h3,8,11-12H,4-7,14H2,1-2H3. The average Bonchev–Trinajstić information content (AvgIpc) is 2.25. The predicted molar refractivity (Wildman–Crippen MR) is 64.6 cm³/mol. The maximum absolute atomic E-state index is 5.97. The van der Waals surface area contributed by atoms with Gasteiger partial charge in [-0.2, -0.15) is 0 Å². The highest BCUT2D eigenvalue weighted by Gasteiger charge is 2.20. The molecular weight excluding hydrogens is 200 g/mol. The lowest BCUT2D eigenvalue weighted by molar-refractivity contribution is 0.145. The van der Waals surface area contributed by atoms with Gasteiger partial charge in [0, 0.05) is 11.7 Å². The van der Waals surface area contributed by atoms with Crippen LogP contribution in [0.3, 0.4) is 0 Å². The second kappa shape index (κ2) is 4.83. The van der Waals surface area contributed by atoms with Crippen LogP contribution in [-0.2, 0) is 0 Å². The molecule has 1 aromatic rings. The number of ether oxygens (including phenoxy) is 1. The summed E-state index contributed by atoms with van der Waals surface area (Å²) >= 11 is 0. The lowest BCUT2D eigenvalue weighted by Crippen LogP contribution is -2.31. The molecule has 0 aliphatic heterocycles. The quantitative estimate of drug-likeness (QED) is 0.832. The van der Waals surface area contributed by atoms with Gasteiger partial charge in [-0.05, 0) is 51.7 Å². The fourth-order valence-corrected chi connectivity index (χ4v) is 2.18. The topological polar surface area (TPSA) is 48.1 Å². The second-order valence-electron chi connectivity index (χ2n) is 4.69. The average molecular weight is 220 g/mol. The summed E-state index contributed by atoms with van der Waals surface area (Å²) in [5.74, 6) is 0.922. The monoisotopic (exact) mass is 220 g/mol. The van der Waals surface area contributed by atoms with Crippen molar-refractivity contribution in [2.75, 3.05) is 0 Å². The first-order chi connectivity index (χ1) is 7.65. The summed E-state index contributed by atoms with van der Waals surface area (Å²) in [5.41, 5.74) is 7.89. The van der Waals surface area contributed by atoms with Crippen LogP contribution in [0.1, 0.15) is 37.1 Å². The molecule has 1 heterocycles. The molecule has 3 heteroatoms. The molecule has 2 rings (SSSR count). The smallest absolute Gasteiger partial charge is 0.140 e. The van der Waals surface area contributed by atoms with Gasteiger partial charge in [-0.15, -0.1) is 0 Å². The molecule has 2 N–H and O–H groups in total. The third-order valence-corrected chi connectivity index (χ3v) is 3.19. The van der Waals surface area contributed by atoms with E-state index in [2.05, 4.69) is 4.98 Å². The zero-order valence-electron chi connectivity index (χ0n) is 10.1. The summed E-state index contributed by atoms with van der Waals surface area (Å²) in [6.45, 7) is 3.99. The van der Waals surface area contributed by atoms with Crippen LogP contribution in [-0.4, -0.2) is 17.1 Å². The first-order valence-electron chi connectivity index (χ1n) is 6.01. The van der Waals surface area contributed by atoms with Crippen LogP contribution >= 0.6 is 0 Å². The Morgan fingerprint density at radius 1 is 1.19 bits per heavy atom. The molecule has 0 aromatic carbocycles. The van der Waals surface area contributed by atoms with Crippen LogP contribution in [0.25, 0.3) is 0 Å². The molecule has 0 unspecified atom stereocenters. The summed E-state index contributed by atoms with van der Waals surface area (Å²) in [7, 11) is 0. The summed E-state index contributed by atoms with van der Waals surface area (Å²) in [4.78, 5) is 4.40. The lowest BCUT2D eigenvalue weighted by atomic mass is 9.94. The lowest BCUT2D eigenvalue weighted by Gasteiger charge is -2.27. The summed E-state index contributed by atoms with van der Waals surface area (Å²) < 4.78 is 5.97. The molecule has 0 radical (unpaired) electrons. The molecule has 1 saturated carbocycles. The Morgan fingerprint density at radius 2 is 1.88 bits per heavy atom. The summed E-state index contributed by atoms with van der Waals surface area (Å²) in [5, 5.41) is 0. The van der Waals surface area contributed by atoms with Crippen molar-refractivity contribution >= 4 is 0 Å². The van der Waals surface area contributed by atoms with Crippen LogP contribution in [0.2, 0.25) is 0 Å². The van der Waals surface area contributed by atoms with Crippen molar-refractivity contribution in [3.05, 3.63) is 23.5 Å². The van der Waals surface area contributed by atoms with Crippen LogP contribution in [0.5, 0.6) is 5.75 Å². The van der Waals surface area contributed by atoms with E-state index in [1.807, 2.05) is 26.0 Å². The number of aryl methyl sites for hydroxylation is 2. The van der Waals surface area contributed by atoms with E-state index in [-0.39, 0.29) is 0 Å². The van der Waals surface area contributed by atoms with E-state index in [1.54, 1.807) is 0 Å². The number of nitrogens with zero attached hydrogens (tertiary/aromatic N) is 1. The molecule has 1 fully saturated rings. The molecule has 0 amide bonds. The zero-order valence-corrected chi connectivity index (χ0v) is 10.1. The predicted octanol–water partition coefficient (Wildman–Crippen LogP) is 2.35. The maximum Gasteiger partial charge on any atom is 0.140 e. The molecule has 0 saturated heterocycles. The second-order valence-corrected chi connectivity index (χ2v) is 4.69. The molecule has 1 aromatic heterocycles.